The van der Waals surface area contributed by atoms with E-state index in [0.717, 1.165) is 66.8 Å². The second-order valence-corrected chi connectivity index (χ2v) is 10.7. The van der Waals surface area contributed by atoms with Crippen LogP contribution in [-0.4, -0.2) is 51.0 Å². The first kappa shape index (κ1) is 23.6. The van der Waals surface area contributed by atoms with Crippen LogP contribution in [0.4, 0.5) is 11.5 Å². The summed E-state index contributed by atoms with van der Waals surface area (Å²) in [7, 11) is 0. The summed E-state index contributed by atoms with van der Waals surface area (Å²) in [6, 6.07) is 8.18. The van der Waals surface area contributed by atoms with Crippen molar-refractivity contribution in [3.63, 3.8) is 0 Å². The second-order valence-electron chi connectivity index (χ2n) is 10.3. The summed E-state index contributed by atoms with van der Waals surface area (Å²) in [5.74, 6) is 0.485. The number of amides is 1. The highest BCUT2D eigenvalue weighted by Gasteiger charge is 2.44. The fourth-order valence-electron chi connectivity index (χ4n) is 5.20. The lowest BCUT2D eigenvalue weighted by atomic mass is 9.77. The number of anilines is 2. The molecule has 1 spiro atoms. The fourth-order valence-corrected chi connectivity index (χ4v) is 5.47. The maximum absolute atomic E-state index is 12.4. The number of aromatic nitrogens is 3. The first-order valence-electron chi connectivity index (χ1n) is 12.0. The fraction of sp³-hybridized carbons (Fsp3) is 0.423. The van der Waals surface area contributed by atoms with E-state index in [-0.39, 0.29) is 11.3 Å². The Balaban J connectivity index is 1.41. The van der Waals surface area contributed by atoms with Gasteiger partial charge in [0, 0.05) is 43.2 Å². The summed E-state index contributed by atoms with van der Waals surface area (Å²) in [4.78, 5) is 19.0. The highest BCUT2D eigenvalue weighted by Crippen LogP contribution is 2.44. The van der Waals surface area contributed by atoms with Crippen molar-refractivity contribution in [2.24, 2.45) is 5.41 Å². The Morgan fingerprint density at radius 1 is 1.11 bits per heavy atom. The molecule has 1 aromatic carbocycles. The molecule has 184 valence electrons. The molecule has 2 aliphatic heterocycles. The Hall–Kier alpha value is -3.10. The number of pyridine rings is 1. The van der Waals surface area contributed by atoms with Gasteiger partial charge in [0.2, 0.25) is 5.91 Å². The summed E-state index contributed by atoms with van der Waals surface area (Å²) in [6.07, 6.45) is 8.00. The first-order valence-corrected chi connectivity index (χ1v) is 12.4. The molecule has 0 radical (unpaired) electrons. The lowest BCUT2D eigenvalue weighted by Crippen LogP contribution is -2.44. The highest BCUT2D eigenvalue weighted by molar-refractivity contribution is 6.36. The van der Waals surface area contributed by atoms with Crippen LogP contribution in [0.5, 0.6) is 0 Å². The number of carbonyl (C=O) groups is 1. The monoisotopic (exact) mass is 494 g/mol. The maximum atomic E-state index is 12.4. The number of piperidine rings is 1. The predicted molar refractivity (Wildman–Crippen MR) is 138 cm³/mol. The molecule has 0 unspecified atom stereocenters. The lowest BCUT2D eigenvalue weighted by Gasteiger charge is -2.39. The van der Waals surface area contributed by atoms with Gasteiger partial charge in [-0.15, -0.1) is 0 Å². The third-order valence-corrected chi connectivity index (χ3v) is 7.51. The van der Waals surface area contributed by atoms with Crippen LogP contribution < -0.4 is 16.0 Å². The van der Waals surface area contributed by atoms with Gasteiger partial charge < -0.3 is 21.1 Å². The van der Waals surface area contributed by atoms with Crippen LogP contribution >= 0.6 is 11.6 Å². The van der Waals surface area contributed by atoms with Crippen molar-refractivity contribution in [1.82, 2.24) is 20.1 Å². The van der Waals surface area contributed by atoms with Crippen molar-refractivity contribution < 1.29 is 9.90 Å². The lowest BCUT2D eigenvalue weighted by molar-refractivity contribution is -0.128. The third kappa shape index (κ3) is 4.60. The SMILES string of the molecule is CC(C)(O)Cn1cc(-c2ccc(-c3cnc(N)c(Cl)c3N3CCC4(CCNC4=O)CC3)cc2)cn1. The van der Waals surface area contributed by atoms with E-state index < -0.39 is 5.60 Å². The number of hydrogen-bond donors (Lipinski definition) is 3. The van der Waals surface area contributed by atoms with Crippen LogP contribution in [-0.2, 0) is 11.3 Å². The molecule has 0 atom stereocenters. The Labute approximate surface area is 210 Å². The van der Waals surface area contributed by atoms with Gasteiger partial charge in [-0.2, -0.15) is 5.10 Å². The average molecular weight is 495 g/mol. The van der Waals surface area contributed by atoms with E-state index in [4.69, 9.17) is 17.3 Å². The Kier molecular flexibility index (Phi) is 5.97. The number of nitrogens with one attached hydrogen (secondary N) is 1. The molecule has 0 saturated carbocycles. The van der Waals surface area contributed by atoms with Crippen LogP contribution in [0.3, 0.4) is 0 Å². The van der Waals surface area contributed by atoms with Gasteiger partial charge in [0.1, 0.15) is 10.8 Å². The number of halogens is 1. The molecular weight excluding hydrogens is 464 g/mol. The van der Waals surface area contributed by atoms with E-state index >= 15 is 0 Å². The molecule has 2 saturated heterocycles. The van der Waals surface area contributed by atoms with Crippen LogP contribution in [0.25, 0.3) is 22.3 Å². The van der Waals surface area contributed by atoms with Crippen molar-refractivity contribution >= 4 is 29.0 Å². The molecule has 35 heavy (non-hydrogen) atoms. The van der Waals surface area contributed by atoms with Crippen LogP contribution in [0.15, 0.2) is 42.9 Å². The number of hydrogen-bond acceptors (Lipinski definition) is 6. The van der Waals surface area contributed by atoms with E-state index in [9.17, 15) is 9.90 Å². The summed E-state index contributed by atoms with van der Waals surface area (Å²) in [6.45, 7) is 6.18. The number of nitrogen functional groups attached to an aromatic ring is 1. The number of rotatable bonds is 5. The minimum atomic E-state index is -0.833. The van der Waals surface area contributed by atoms with E-state index in [0.29, 0.717) is 17.4 Å². The van der Waals surface area contributed by atoms with Gasteiger partial charge >= 0.3 is 0 Å². The van der Waals surface area contributed by atoms with E-state index in [1.54, 1.807) is 30.9 Å². The normalized spacial score (nSPS) is 17.7. The molecule has 3 aromatic rings. The Morgan fingerprint density at radius 3 is 2.43 bits per heavy atom. The molecule has 9 heteroatoms. The third-order valence-electron chi connectivity index (χ3n) is 7.14. The molecule has 1 amide bonds. The topological polar surface area (TPSA) is 109 Å². The average Bonchev–Trinajstić information content (AvgIpc) is 3.42. The largest absolute Gasteiger partial charge is 0.389 e. The zero-order chi connectivity index (χ0) is 24.8. The van der Waals surface area contributed by atoms with E-state index in [1.165, 1.54) is 0 Å². The summed E-state index contributed by atoms with van der Waals surface area (Å²) < 4.78 is 1.75. The van der Waals surface area contributed by atoms with Gasteiger partial charge in [0.15, 0.2) is 0 Å². The van der Waals surface area contributed by atoms with Crippen LogP contribution in [0.2, 0.25) is 5.02 Å². The van der Waals surface area contributed by atoms with Crippen molar-refractivity contribution in [3.05, 3.63) is 47.9 Å². The second kappa shape index (κ2) is 8.84. The number of carbonyl (C=O) groups excluding carboxylic acids is 1. The molecule has 2 aromatic heterocycles. The number of nitrogens with two attached hydrogens (primary N) is 1. The molecule has 2 fully saturated rings. The molecular formula is C26H31ClN6O2. The summed E-state index contributed by atoms with van der Waals surface area (Å²) >= 11 is 6.70. The van der Waals surface area contributed by atoms with E-state index in [1.807, 2.05) is 30.5 Å². The molecule has 0 bridgehead atoms. The molecule has 8 nitrogen and oxygen atoms in total. The van der Waals surface area contributed by atoms with Gasteiger partial charge in [0.25, 0.3) is 0 Å². The molecule has 2 aliphatic rings. The van der Waals surface area contributed by atoms with Gasteiger partial charge in [0.05, 0.1) is 29.4 Å². The molecule has 0 aliphatic carbocycles. The zero-order valence-electron chi connectivity index (χ0n) is 20.1. The van der Waals surface area contributed by atoms with Crippen molar-refractivity contribution in [2.75, 3.05) is 30.3 Å². The first-order chi connectivity index (χ1) is 16.7. The Bertz CT molecular complexity index is 1240. The van der Waals surface area contributed by atoms with E-state index in [2.05, 4.69) is 20.3 Å². The minimum absolute atomic E-state index is 0.180. The van der Waals surface area contributed by atoms with Crippen molar-refractivity contribution in [3.8, 4) is 22.3 Å². The highest BCUT2D eigenvalue weighted by atomic mass is 35.5. The number of aliphatic hydroxyl groups is 1. The summed E-state index contributed by atoms with van der Waals surface area (Å²) in [5, 5.41) is 17.9. The maximum Gasteiger partial charge on any atom is 0.226 e. The smallest absolute Gasteiger partial charge is 0.226 e. The van der Waals surface area contributed by atoms with Gasteiger partial charge in [-0.25, -0.2) is 4.98 Å². The van der Waals surface area contributed by atoms with Crippen molar-refractivity contribution in [2.45, 2.75) is 45.3 Å². The Morgan fingerprint density at radius 2 is 1.80 bits per heavy atom. The molecule has 5 rings (SSSR count). The zero-order valence-corrected chi connectivity index (χ0v) is 20.8. The van der Waals surface area contributed by atoms with Gasteiger partial charge in [-0.05, 0) is 44.2 Å². The minimum Gasteiger partial charge on any atom is -0.389 e. The van der Waals surface area contributed by atoms with Crippen LogP contribution in [0.1, 0.15) is 33.1 Å². The number of benzene rings is 1. The standard InChI is InChI=1S/C26H31ClN6O2/c1-25(2,35)16-33-15-19(13-31-33)17-3-5-18(6-4-17)20-14-30-23(28)21(27)22(20)32-11-8-26(9-12-32)7-10-29-24(26)34/h3-6,13-15,35H,7-12,16H2,1-2H3,(H2,28,30)(H,29,34). The van der Waals surface area contributed by atoms with Crippen molar-refractivity contribution in [1.29, 1.82) is 0 Å². The predicted octanol–water partition coefficient (Wildman–Crippen LogP) is 3.73. The van der Waals surface area contributed by atoms with Gasteiger partial charge in [-0.1, -0.05) is 35.9 Å². The van der Waals surface area contributed by atoms with Gasteiger partial charge in [-0.3, -0.25) is 9.48 Å². The summed E-state index contributed by atoms with van der Waals surface area (Å²) in [5.41, 5.74) is 9.80. The molecule has 4 heterocycles. The number of nitrogens with zero attached hydrogens (tertiary/aromatic N) is 4. The molecule has 4 N–H and O–H groups in total. The quantitative estimate of drug-likeness (QED) is 0.498. The van der Waals surface area contributed by atoms with Crippen LogP contribution in [0, 0.1) is 5.41 Å².